The van der Waals surface area contributed by atoms with Gasteiger partial charge in [0.2, 0.25) is 5.52 Å². The summed E-state index contributed by atoms with van der Waals surface area (Å²) in [5.41, 5.74) is 6.64. The fourth-order valence-electron chi connectivity index (χ4n) is 6.74. The van der Waals surface area contributed by atoms with Crippen molar-refractivity contribution in [2.24, 2.45) is 7.05 Å². The lowest BCUT2D eigenvalue weighted by atomic mass is 9.74. The van der Waals surface area contributed by atoms with Crippen molar-refractivity contribution >= 4 is 54.9 Å². The third-order valence-electron chi connectivity index (χ3n) is 8.56. The third-order valence-corrected chi connectivity index (χ3v) is 9.73. The number of fused-ring (bicyclic) bond motifs is 6. The smallest absolute Gasteiger partial charge is 0.262 e. The van der Waals surface area contributed by atoms with E-state index in [1.165, 1.54) is 59.3 Å². The number of nitrogens with zero attached hydrogens (tertiary/aromatic N) is 2. The summed E-state index contributed by atoms with van der Waals surface area (Å²) < 4.78 is 3.66. The van der Waals surface area contributed by atoms with Crippen LogP contribution in [0.2, 0.25) is 0 Å². The first-order chi connectivity index (χ1) is 19.6. The molecule has 1 aliphatic heterocycles. The van der Waals surface area contributed by atoms with Gasteiger partial charge >= 0.3 is 0 Å². The Hall–Kier alpha value is -4.21. The number of aromatic nitrogens is 1. The average molecular weight is 538 g/mol. The highest BCUT2D eigenvalue weighted by atomic mass is 32.1. The Morgan fingerprint density at radius 2 is 1.48 bits per heavy atom. The summed E-state index contributed by atoms with van der Waals surface area (Å²) in [7, 11) is 2.19. The molecule has 2 nitrogen and oxygen atoms in total. The van der Waals surface area contributed by atoms with Gasteiger partial charge in [-0.15, -0.1) is 0 Å². The van der Waals surface area contributed by atoms with E-state index in [0.717, 1.165) is 13.0 Å². The van der Waals surface area contributed by atoms with Crippen LogP contribution < -0.4 is 9.47 Å². The first-order valence-corrected chi connectivity index (χ1v) is 14.9. The Morgan fingerprint density at radius 1 is 0.800 bits per heavy atom. The van der Waals surface area contributed by atoms with Crippen molar-refractivity contribution in [3.63, 3.8) is 0 Å². The van der Waals surface area contributed by atoms with E-state index in [2.05, 4.69) is 152 Å². The van der Waals surface area contributed by atoms with Crippen molar-refractivity contribution < 1.29 is 4.57 Å². The SMILES string of the molecule is CCN1/C(=C/C=C/c2sc3ccc4ccccc4c3[n+]2C)C(C)(Cc2ccccc2)c2c1ccc1ccccc21. The molecule has 0 N–H and O–H groups in total. The fraction of sp³-hybridized carbons (Fsp3) is 0.162. The zero-order chi connectivity index (χ0) is 27.3. The first kappa shape index (κ1) is 24.8. The van der Waals surface area contributed by atoms with Crippen LogP contribution >= 0.6 is 11.3 Å². The van der Waals surface area contributed by atoms with Gasteiger partial charge in [0.15, 0.2) is 0 Å². The molecule has 6 aromatic rings. The quantitative estimate of drug-likeness (QED) is 0.199. The number of thiazole rings is 1. The van der Waals surface area contributed by atoms with Gasteiger partial charge in [0, 0.05) is 29.4 Å². The fourth-order valence-corrected chi connectivity index (χ4v) is 7.82. The molecule has 1 atom stereocenters. The minimum absolute atomic E-state index is 0.156. The monoisotopic (exact) mass is 537 g/mol. The molecule has 0 aliphatic carbocycles. The second-order valence-corrected chi connectivity index (χ2v) is 12.0. The van der Waals surface area contributed by atoms with Crippen molar-refractivity contribution in [3.8, 4) is 0 Å². The topological polar surface area (TPSA) is 7.12 Å². The molecule has 2 heterocycles. The van der Waals surface area contributed by atoms with Crippen LogP contribution in [0.1, 0.15) is 30.0 Å². The molecular formula is C37H33N2S+. The van der Waals surface area contributed by atoms with Gasteiger partial charge in [-0.25, -0.2) is 0 Å². The maximum atomic E-state index is 2.52. The van der Waals surface area contributed by atoms with Crippen molar-refractivity contribution in [3.05, 3.63) is 137 Å². The highest BCUT2D eigenvalue weighted by Crippen LogP contribution is 2.52. The van der Waals surface area contributed by atoms with Crippen LogP contribution in [0.5, 0.6) is 0 Å². The zero-order valence-electron chi connectivity index (χ0n) is 23.3. The minimum atomic E-state index is -0.156. The van der Waals surface area contributed by atoms with Gasteiger partial charge in [-0.05, 0) is 71.8 Å². The van der Waals surface area contributed by atoms with Crippen LogP contribution in [0.3, 0.4) is 0 Å². The molecular weight excluding hydrogens is 504 g/mol. The van der Waals surface area contributed by atoms with Gasteiger partial charge in [-0.1, -0.05) is 102 Å². The summed E-state index contributed by atoms with van der Waals surface area (Å²) in [5, 5.41) is 6.50. The lowest BCUT2D eigenvalue weighted by molar-refractivity contribution is -0.641. The molecule has 3 heteroatoms. The average Bonchev–Trinajstić information content (AvgIpc) is 3.44. The lowest BCUT2D eigenvalue weighted by Crippen LogP contribution is -2.30. The second-order valence-electron chi connectivity index (χ2n) is 11.0. The normalized spacial score (nSPS) is 18.1. The van der Waals surface area contributed by atoms with Gasteiger partial charge < -0.3 is 4.90 Å². The Bertz CT molecular complexity index is 1950. The molecule has 0 radical (unpaired) electrons. The van der Waals surface area contributed by atoms with Crippen molar-refractivity contribution in [2.45, 2.75) is 25.7 Å². The minimum Gasteiger partial charge on any atom is -0.344 e. The second kappa shape index (κ2) is 9.76. The predicted octanol–water partition coefficient (Wildman–Crippen LogP) is 8.97. The molecule has 196 valence electrons. The van der Waals surface area contributed by atoms with E-state index in [-0.39, 0.29) is 5.41 Å². The summed E-state index contributed by atoms with van der Waals surface area (Å²) >= 11 is 1.85. The van der Waals surface area contributed by atoms with E-state index in [0.29, 0.717) is 0 Å². The van der Waals surface area contributed by atoms with Gasteiger partial charge in [-0.3, -0.25) is 0 Å². The Labute approximate surface area is 240 Å². The molecule has 0 fully saturated rings. The number of allylic oxidation sites excluding steroid dienone is 3. The van der Waals surface area contributed by atoms with E-state index < -0.39 is 0 Å². The summed E-state index contributed by atoms with van der Waals surface area (Å²) in [6, 6.07) is 37.6. The Balaban J connectivity index is 1.37. The maximum absolute atomic E-state index is 2.52. The number of hydrogen-bond acceptors (Lipinski definition) is 2. The van der Waals surface area contributed by atoms with E-state index in [9.17, 15) is 0 Å². The summed E-state index contributed by atoms with van der Waals surface area (Å²) in [4.78, 5) is 2.52. The largest absolute Gasteiger partial charge is 0.344 e. The molecule has 1 aliphatic rings. The van der Waals surface area contributed by atoms with Crippen LogP contribution in [0, 0.1) is 0 Å². The predicted molar refractivity (Wildman–Crippen MR) is 172 cm³/mol. The van der Waals surface area contributed by atoms with Crippen LogP contribution in [0.25, 0.3) is 37.8 Å². The maximum Gasteiger partial charge on any atom is 0.262 e. The molecule has 7 rings (SSSR count). The molecule has 0 bridgehead atoms. The van der Waals surface area contributed by atoms with Gasteiger partial charge in [-0.2, -0.15) is 4.57 Å². The summed E-state index contributed by atoms with van der Waals surface area (Å²) in [6.45, 7) is 5.63. The number of benzene rings is 5. The Morgan fingerprint density at radius 3 is 2.25 bits per heavy atom. The number of hydrogen-bond donors (Lipinski definition) is 0. The standard InChI is InChI=1S/C37H33N2S/c1-4-39-31-23-21-27-15-8-10-17-29(27)35(31)37(2,25-26-13-6-5-7-14-26)33(39)19-12-20-34-38(3)36-30-18-11-9-16-28(30)22-24-32(36)40-34/h5-24H,4,25H2,1-3H3/q+1. The van der Waals surface area contributed by atoms with Crippen molar-refractivity contribution in [1.82, 2.24) is 0 Å². The van der Waals surface area contributed by atoms with Crippen molar-refractivity contribution in [1.29, 1.82) is 0 Å². The van der Waals surface area contributed by atoms with Gasteiger partial charge in [0.05, 0.1) is 5.39 Å². The van der Waals surface area contributed by atoms with Crippen LogP contribution in [-0.2, 0) is 18.9 Å². The highest BCUT2D eigenvalue weighted by Gasteiger charge is 2.44. The molecule has 0 amide bonds. The van der Waals surface area contributed by atoms with E-state index >= 15 is 0 Å². The van der Waals surface area contributed by atoms with Crippen LogP contribution in [0.15, 0.2) is 121 Å². The van der Waals surface area contributed by atoms with Gasteiger partial charge in [0.25, 0.3) is 5.01 Å². The molecule has 0 saturated carbocycles. The summed E-state index contributed by atoms with van der Waals surface area (Å²) in [5.74, 6) is 0. The molecule has 1 aromatic heterocycles. The Kier molecular flexibility index (Phi) is 6.05. The van der Waals surface area contributed by atoms with Crippen LogP contribution in [-0.4, -0.2) is 6.54 Å². The number of aryl methyl sites for hydroxylation is 1. The van der Waals surface area contributed by atoms with E-state index in [4.69, 9.17) is 0 Å². The molecule has 5 aromatic carbocycles. The molecule has 1 unspecified atom stereocenters. The molecule has 0 saturated heterocycles. The van der Waals surface area contributed by atoms with E-state index in [1.807, 2.05) is 11.3 Å². The lowest BCUT2D eigenvalue weighted by Gasteiger charge is -2.30. The number of anilines is 1. The number of rotatable bonds is 5. The molecule has 40 heavy (non-hydrogen) atoms. The summed E-state index contributed by atoms with van der Waals surface area (Å²) in [6.07, 6.45) is 7.86. The third kappa shape index (κ3) is 3.88. The van der Waals surface area contributed by atoms with E-state index in [1.54, 1.807) is 0 Å². The zero-order valence-corrected chi connectivity index (χ0v) is 24.1. The molecule has 0 spiro atoms. The highest BCUT2D eigenvalue weighted by molar-refractivity contribution is 7.19. The first-order valence-electron chi connectivity index (χ1n) is 14.1. The van der Waals surface area contributed by atoms with Crippen molar-refractivity contribution in [2.75, 3.05) is 11.4 Å². The van der Waals surface area contributed by atoms with Crippen LogP contribution in [0.4, 0.5) is 5.69 Å². The number of likely N-dealkylation sites (N-methyl/N-ethyl adjacent to an activating group) is 1. The van der Waals surface area contributed by atoms with Gasteiger partial charge in [0.1, 0.15) is 11.7 Å².